The Hall–Kier alpha value is -0.660. The topological polar surface area (TPSA) is 75.7 Å². The van der Waals surface area contributed by atoms with Crippen LogP contribution in [-0.4, -0.2) is 56.7 Å². The summed E-state index contributed by atoms with van der Waals surface area (Å²) in [7, 11) is -3.37. The van der Waals surface area contributed by atoms with Gasteiger partial charge in [-0.1, -0.05) is 6.92 Å². The maximum Gasteiger partial charge on any atom is 0.306 e. The molecule has 116 valence electrons. The Morgan fingerprint density at radius 1 is 1.35 bits per heavy atom. The highest BCUT2D eigenvalue weighted by atomic mass is 32.2. The fraction of sp³-hybridized carbons (Fsp3) is 0.923. The zero-order valence-corrected chi connectivity index (χ0v) is 13.0. The van der Waals surface area contributed by atoms with Gasteiger partial charge in [0.1, 0.15) is 0 Å². The number of ether oxygens (including phenoxy) is 1. The molecular formula is C13H24N2O4S. The average Bonchev–Trinajstić information content (AvgIpc) is 2.96. The van der Waals surface area contributed by atoms with Gasteiger partial charge in [0, 0.05) is 12.6 Å². The first-order valence-electron chi connectivity index (χ1n) is 7.35. The van der Waals surface area contributed by atoms with E-state index < -0.39 is 16.0 Å². The molecule has 0 aromatic heterocycles. The maximum atomic E-state index is 12.4. The van der Waals surface area contributed by atoms with Gasteiger partial charge in [-0.25, -0.2) is 8.42 Å². The normalized spacial score (nSPS) is 30.4. The number of nitrogens with zero attached hydrogens (tertiary/aromatic N) is 1. The van der Waals surface area contributed by atoms with Crippen LogP contribution in [0.2, 0.25) is 0 Å². The molecule has 2 rings (SSSR count). The van der Waals surface area contributed by atoms with Crippen molar-refractivity contribution in [3.63, 3.8) is 0 Å². The standard InChI is InChI=1S/C13H24N2O4S/c1-3-12-11-8-14-7-10(11)9-15(12)20(17,18)6-5-13(16)19-4-2/h10-12,14H,3-9H2,1-2H3. The van der Waals surface area contributed by atoms with E-state index in [1.165, 1.54) is 0 Å². The number of fused-ring (bicyclic) bond motifs is 1. The van der Waals surface area contributed by atoms with E-state index in [4.69, 9.17) is 4.74 Å². The summed E-state index contributed by atoms with van der Waals surface area (Å²) in [6.45, 7) is 6.41. The minimum atomic E-state index is -3.37. The molecule has 3 atom stereocenters. The van der Waals surface area contributed by atoms with Crippen LogP contribution in [0.25, 0.3) is 0 Å². The van der Waals surface area contributed by atoms with Crippen LogP contribution in [-0.2, 0) is 19.6 Å². The second-order valence-electron chi connectivity index (χ2n) is 5.50. The van der Waals surface area contributed by atoms with Crippen molar-refractivity contribution in [2.75, 3.05) is 32.0 Å². The zero-order chi connectivity index (χ0) is 14.8. The number of rotatable bonds is 6. The van der Waals surface area contributed by atoms with Crippen LogP contribution < -0.4 is 5.32 Å². The van der Waals surface area contributed by atoms with E-state index in [1.807, 2.05) is 6.92 Å². The molecule has 0 saturated carbocycles. The van der Waals surface area contributed by atoms with E-state index >= 15 is 0 Å². The third-order valence-electron chi connectivity index (χ3n) is 4.32. The highest BCUT2D eigenvalue weighted by Gasteiger charge is 2.47. The molecule has 2 saturated heterocycles. The Balaban J connectivity index is 2.00. The molecular weight excluding hydrogens is 280 g/mol. The zero-order valence-electron chi connectivity index (χ0n) is 12.2. The lowest BCUT2D eigenvalue weighted by Crippen LogP contribution is -2.41. The van der Waals surface area contributed by atoms with Gasteiger partial charge in [0.05, 0.1) is 18.8 Å². The van der Waals surface area contributed by atoms with E-state index in [9.17, 15) is 13.2 Å². The van der Waals surface area contributed by atoms with Gasteiger partial charge in [0.2, 0.25) is 10.0 Å². The van der Waals surface area contributed by atoms with E-state index in [-0.39, 0.29) is 24.8 Å². The van der Waals surface area contributed by atoms with E-state index in [2.05, 4.69) is 5.32 Å². The second kappa shape index (κ2) is 6.41. The van der Waals surface area contributed by atoms with Gasteiger partial charge in [0.15, 0.2) is 0 Å². The highest BCUT2D eigenvalue weighted by molar-refractivity contribution is 7.89. The molecule has 2 heterocycles. The van der Waals surface area contributed by atoms with Gasteiger partial charge in [-0.3, -0.25) is 4.79 Å². The summed E-state index contributed by atoms with van der Waals surface area (Å²) in [4.78, 5) is 11.3. The van der Waals surface area contributed by atoms with Crippen molar-refractivity contribution in [2.24, 2.45) is 11.8 Å². The number of hydrogen-bond acceptors (Lipinski definition) is 5. The van der Waals surface area contributed by atoms with E-state index in [0.717, 1.165) is 19.5 Å². The summed E-state index contributed by atoms with van der Waals surface area (Å²) >= 11 is 0. The number of nitrogens with one attached hydrogen (secondary N) is 1. The van der Waals surface area contributed by atoms with Gasteiger partial charge in [-0.2, -0.15) is 4.31 Å². The van der Waals surface area contributed by atoms with Crippen molar-refractivity contribution in [3.05, 3.63) is 0 Å². The van der Waals surface area contributed by atoms with E-state index in [1.54, 1.807) is 11.2 Å². The fourth-order valence-electron chi connectivity index (χ4n) is 3.37. The fourth-order valence-corrected chi connectivity index (χ4v) is 5.17. The highest BCUT2D eigenvalue weighted by Crippen LogP contribution is 2.36. The van der Waals surface area contributed by atoms with Gasteiger partial charge in [-0.15, -0.1) is 0 Å². The van der Waals surface area contributed by atoms with Crippen LogP contribution in [0.5, 0.6) is 0 Å². The third-order valence-corrected chi connectivity index (χ3v) is 6.17. The molecule has 7 heteroatoms. The summed E-state index contributed by atoms with van der Waals surface area (Å²) < 4.78 is 31.3. The quantitative estimate of drug-likeness (QED) is 0.710. The third kappa shape index (κ3) is 3.15. The molecule has 2 aliphatic rings. The number of carbonyl (C=O) groups is 1. The molecule has 0 aromatic carbocycles. The van der Waals surface area contributed by atoms with Crippen LogP contribution in [0.3, 0.4) is 0 Å². The summed E-state index contributed by atoms with van der Waals surface area (Å²) in [6.07, 6.45) is 0.762. The van der Waals surface area contributed by atoms with Crippen LogP contribution in [0.4, 0.5) is 0 Å². The average molecular weight is 304 g/mol. The molecule has 6 nitrogen and oxygen atoms in total. The second-order valence-corrected chi connectivity index (χ2v) is 7.54. The summed E-state index contributed by atoms with van der Waals surface area (Å²) in [5.74, 6) is 0.245. The van der Waals surface area contributed by atoms with Gasteiger partial charge < -0.3 is 10.1 Å². The van der Waals surface area contributed by atoms with Crippen molar-refractivity contribution in [1.82, 2.24) is 9.62 Å². The monoisotopic (exact) mass is 304 g/mol. The molecule has 0 spiro atoms. The Bertz CT molecular complexity index is 451. The van der Waals surface area contributed by atoms with Gasteiger partial charge in [-0.05, 0) is 38.3 Å². The molecule has 0 aromatic rings. The largest absolute Gasteiger partial charge is 0.466 e. The molecule has 3 unspecified atom stereocenters. The number of esters is 1. The maximum absolute atomic E-state index is 12.4. The SMILES string of the molecule is CCOC(=O)CCS(=O)(=O)N1CC2CNCC2C1CC. The van der Waals surface area contributed by atoms with Gasteiger partial charge in [0.25, 0.3) is 0 Å². The molecule has 0 radical (unpaired) electrons. The van der Waals surface area contributed by atoms with Gasteiger partial charge >= 0.3 is 5.97 Å². The number of carbonyl (C=O) groups excluding carboxylic acids is 1. The van der Waals surface area contributed by atoms with Crippen LogP contribution in [0.1, 0.15) is 26.7 Å². The summed E-state index contributed by atoms with van der Waals surface area (Å²) in [5, 5.41) is 3.33. The smallest absolute Gasteiger partial charge is 0.306 e. The minimum Gasteiger partial charge on any atom is -0.466 e. The lowest BCUT2D eigenvalue weighted by molar-refractivity contribution is -0.142. The van der Waals surface area contributed by atoms with E-state index in [0.29, 0.717) is 18.4 Å². The number of hydrogen-bond donors (Lipinski definition) is 1. The molecule has 0 bridgehead atoms. The summed E-state index contributed by atoms with van der Waals surface area (Å²) in [6, 6.07) is 0.0715. The Labute approximate surface area is 120 Å². The first kappa shape index (κ1) is 15.7. The van der Waals surface area contributed by atoms with Crippen molar-refractivity contribution in [2.45, 2.75) is 32.7 Å². The van der Waals surface area contributed by atoms with Crippen molar-refractivity contribution in [3.8, 4) is 0 Å². The lowest BCUT2D eigenvalue weighted by Gasteiger charge is -2.26. The van der Waals surface area contributed by atoms with Crippen LogP contribution in [0.15, 0.2) is 0 Å². The Kier molecular flexibility index (Phi) is 5.04. The molecule has 2 fully saturated rings. The molecule has 20 heavy (non-hydrogen) atoms. The Morgan fingerprint density at radius 2 is 2.10 bits per heavy atom. The van der Waals surface area contributed by atoms with Crippen LogP contribution in [0, 0.1) is 11.8 Å². The van der Waals surface area contributed by atoms with Crippen molar-refractivity contribution < 1.29 is 17.9 Å². The van der Waals surface area contributed by atoms with Crippen molar-refractivity contribution in [1.29, 1.82) is 0 Å². The first-order chi connectivity index (χ1) is 9.49. The molecule has 2 aliphatic heterocycles. The van der Waals surface area contributed by atoms with Crippen LogP contribution >= 0.6 is 0 Å². The summed E-state index contributed by atoms with van der Waals surface area (Å²) in [5.41, 5.74) is 0. The molecule has 0 aliphatic carbocycles. The predicted octanol–water partition coefficient (Wildman–Crippen LogP) is 0.199. The molecule has 0 amide bonds. The Morgan fingerprint density at radius 3 is 2.75 bits per heavy atom. The first-order valence-corrected chi connectivity index (χ1v) is 8.96. The minimum absolute atomic E-state index is 0.0588. The number of sulfonamides is 1. The van der Waals surface area contributed by atoms with Crippen molar-refractivity contribution >= 4 is 16.0 Å². The molecule has 1 N–H and O–H groups in total. The predicted molar refractivity (Wildman–Crippen MR) is 75.7 cm³/mol. The lowest BCUT2D eigenvalue weighted by atomic mass is 9.93.